The molecule has 0 saturated heterocycles. The van der Waals surface area contributed by atoms with Crippen LogP contribution in [-0.2, 0) is 9.59 Å². The molecule has 2 aliphatic rings. The molecule has 0 aromatic rings. The largest absolute Gasteiger partial charge is 0.353 e. The Labute approximate surface area is 160 Å². The van der Waals surface area contributed by atoms with E-state index in [4.69, 9.17) is 0 Å². The predicted octanol–water partition coefficient (Wildman–Crippen LogP) is 4.43. The van der Waals surface area contributed by atoms with Gasteiger partial charge in [0.2, 0.25) is 11.8 Å². The van der Waals surface area contributed by atoms with Crippen LogP contribution in [0.25, 0.3) is 0 Å². The summed E-state index contributed by atoms with van der Waals surface area (Å²) in [5, 5.41) is 6.45. The van der Waals surface area contributed by atoms with Gasteiger partial charge in [0.1, 0.15) is 0 Å². The van der Waals surface area contributed by atoms with Gasteiger partial charge in [0, 0.05) is 24.9 Å². The second-order valence-electron chi connectivity index (χ2n) is 9.09. The number of carbonyl (C=O) groups is 2. The highest BCUT2D eigenvalue weighted by Crippen LogP contribution is 2.30. The van der Waals surface area contributed by atoms with Crippen molar-refractivity contribution in [3.8, 4) is 0 Å². The van der Waals surface area contributed by atoms with Crippen molar-refractivity contribution in [1.82, 2.24) is 10.6 Å². The van der Waals surface area contributed by atoms with E-state index in [0.29, 0.717) is 48.6 Å². The zero-order valence-corrected chi connectivity index (χ0v) is 17.4. The summed E-state index contributed by atoms with van der Waals surface area (Å²) >= 11 is 0. The van der Waals surface area contributed by atoms with Gasteiger partial charge in [-0.2, -0.15) is 0 Å². The molecule has 0 aliphatic heterocycles. The first kappa shape index (κ1) is 21.2. The van der Waals surface area contributed by atoms with Crippen molar-refractivity contribution in [1.29, 1.82) is 0 Å². The molecule has 4 nitrogen and oxygen atoms in total. The third kappa shape index (κ3) is 6.28. The van der Waals surface area contributed by atoms with Crippen molar-refractivity contribution >= 4 is 11.8 Å². The maximum atomic E-state index is 12.2. The molecule has 0 radical (unpaired) electrons. The maximum Gasteiger partial charge on any atom is 0.220 e. The van der Waals surface area contributed by atoms with Gasteiger partial charge in [0.25, 0.3) is 0 Å². The first-order chi connectivity index (χ1) is 12.4. The molecule has 2 fully saturated rings. The number of rotatable bonds is 7. The highest BCUT2D eigenvalue weighted by Gasteiger charge is 2.29. The van der Waals surface area contributed by atoms with Crippen molar-refractivity contribution in [3.63, 3.8) is 0 Å². The lowest BCUT2D eigenvalue weighted by molar-refractivity contribution is -0.124. The highest BCUT2D eigenvalue weighted by molar-refractivity contribution is 5.77. The number of unbranched alkanes of at least 4 members (excludes halogenated alkanes) is 1. The van der Waals surface area contributed by atoms with Crippen LogP contribution < -0.4 is 10.6 Å². The Bertz CT molecular complexity index is 423. The summed E-state index contributed by atoms with van der Waals surface area (Å²) in [4.78, 5) is 24.4. The Morgan fingerprint density at radius 1 is 0.692 bits per heavy atom. The van der Waals surface area contributed by atoms with Crippen LogP contribution >= 0.6 is 0 Å². The third-order valence-electron chi connectivity index (χ3n) is 7.16. The van der Waals surface area contributed by atoms with Gasteiger partial charge in [-0.05, 0) is 49.4 Å². The molecule has 2 N–H and O–H groups in total. The molecule has 4 heteroatoms. The lowest BCUT2D eigenvalue weighted by atomic mass is 9.78. The Morgan fingerprint density at radius 2 is 1.08 bits per heavy atom. The van der Waals surface area contributed by atoms with Gasteiger partial charge in [0.05, 0.1) is 0 Å². The molecule has 2 aliphatic carbocycles. The highest BCUT2D eigenvalue weighted by atomic mass is 16.2. The molecule has 2 rings (SSSR count). The van der Waals surface area contributed by atoms with E-state index in [9.17, 15) is 9.59 Å². The molecular weight excluding hydrogens is 324 g/mol. The minimum atomic E-state index is 0.158. The van der Waals surface area contributed by atoms with Crippen LogP contribution in [0, 0.1) is 23.7 Å². The van der Waals surface area contributed by atoms with E-state index in [1.165, 1.54) is 25.7 Å². The smallest absolute Gasteiger partial charge is 0.220 e. The molecule has 0 aromatic heterocycles. The van der Waals surface area contributed by atoms with Gasteiger partial charge in [-0.15, -0.1) is 0 Å². The molecule has 0 unspecified atom stereocenters. The summed E-state index contributed by atoms with van der Waals surface area (Å²) in [6, 6.07) is 0.675. The predicted molar refractivity (Wildman–Crippen MR) is 107 cm³/mol. The van der Waals surface area contributed by atoms with E-state index in [-0.39, 0.29) is 11.8 Å². The van der Waals surface area contributed by atoms with Gasteiger partial charge in [0.15, 0.2) is 0 Å². The first-order valence-corrected chi connectivity index (χ1v) is 11.0. The van der Waals surface area contributed by atoms with E-state index >= 15 is 0 Å². The van der Waals surface area contributed by atoms with Crippen molar-refractivity contribution < 1.29 is 9.59 Å². The molecule has 0 bridgehead atoms. The minimum absolute atomic E-state index is 0.158. The second-order valence-corrected chi connectivity index (χ2v) is 9.09. The van der Waals surface area contributed by atoms with Crippen LogP contribution in [0.3, 0.4) is 0 Å². The van der Waals surface area contributed by atoms with Crippen LogP contribution in [0.1, 0.15) is 91.9 Å². The van der Waals surface area contributed by atoms with Gasteiger partial charge in [-0.3, -0.25) is 9.59 Å². The molecule has 2 saturated carbocycles. The number of hydrogen-bond donors (Lipinski definition) is 2. The van der Waals surface area contributed by atoms with Crippen LogP contribution in [-0.4, -0.2) is 23.9 Å². The fourth-order valence-corrected chi connectivity index (χ4v) is 4.70. The van der Waals surface area contributed by atoms with E-state index in [1.807, 2.05) is 0 Å². The summed E-state index contributed by atoms with van der Waals surface area (Å²) in [6.07, 6.45) is 9.89. The number of nitrogens with one attached hydrogen (secondary N) is 2. The van der Waals surface area contributed by atoms with E-state index in [0.717, 1.165) is 25.7 Å². The summed E-state index contributed by atoms with van der Waals surface area (Å²) < 4.78 is 0. The lowest BCUT2D eigenvalue weighted by Gasteiger charge is -2.34. The Kier molecular flexibility index (Phi) is 8.43. The quantitative estimate of drug-likeness (QED) is 0.657. The SMILES string of the molecule is C[C@@H]1[C@@H](C)CCC[C@H]1NC(=O)CCCCC(=O)N[C@H]1CCC[C@@H](C)[C@@H]1C. The number of amides is 2. The normalized spacial score (nSPS) is 34.9. The van der Waals surface area contributed by atoms with Gasteiger partial charge in [-0.25, -0.2) is 0 Å². The second kappa shape index (κ2) is 10.3. The fourth-order valence-electron chi connectivity index (χ4n) is 4.70. The van der Waals surface area contributed by atoms with Crippen LogP contribution in [0.5, 0.6) is 0 Å². The molecule has 0 aromatic carbocycles. The molecular formula is C22H40N2O2. The van der Waals surface area contributed by atoms with Gasteiger partial charge < -0.3 is 10.6 Å². The van der Waals surface area contributed by atoms with E-state index < -0.39 is 0 Å². The Morgan fingerprint density at radius 3 is 1.46 bits per heavy atom. The van der Waals surface area contributed by atoms with Crippen molar-refractivity contribution in [3.05, 3.63) is 0 Å². The summed E-state index contributed by atoms with van der Waals surface area (Å²) in [5.41, 5.74) is 0. The average Bonchev–Trinajstić information content (AvgIpc) is 2.60. The van der Waals surface area contributed by atoms with Crippen LogP contribution in [0.4, 0.5) is 0 Å². The molecule has 0 heterocycles. The monoisotopic (exact) mass is 364 g/mol. The standard InChI is InChI=1S/C22H40N2O2/c1-15-9-7-11-19(17(15)3)23-21(25)13-5-6-14-22(26)24-20-12-8-10-16(2)18(20)4/h15-20H,5-14H2,1-4H3,(H,23,25)(H,24,26)/t15-,16+,17+,18-,19+,20-. The third-order valence-corrected chi connectivity index (χ3v) is 7.16. The number of carbonyl (C=O) groups excluding carboxylic acids is 2. The van der Waals surface area contributed by atoms with Crippen LogP contribution in [0.2, 0.25) is 0 Å². The van der Waals surface area contributed by atoms with E-state index in [2.05, 4.69) is 38.3 Å². The minimum Gasteiger partial charge on any atom is -0.353 e. The lowest BCUT2D eigenvalue weighted by Crippen LogP contribution is -2.44. The molecule has 2 amide bonds. The van der Waals surface area contributed by atoms with Crippen molar-refractivity contribution in [2.24, 2.45) is 23.7 Å². The Hall–Kier alpha value is -1.06. The summed E-state index contributed by atoms with van der Waals surface area (Å²) in [5.74, 6) is 2.85. The maximum absolute atomic E-state index is 12.2. The molecule has 0 spiro atoms. The molecule has 150 valence electrons. The molecule has 26 heavy (non-hydrogen) atoms. The zero-order valence-electron chi connectivity index (χ0n) is 17.4. The van der Waals surface area contributed by atoms with Gasteiger partial charge in [-0.1, -0.05) is 53.4 Å². The van der Waals surface area contributed by atoms with Crippen molar-refractivity contribution in [2.45, 2.75) is 104 Å². The van der Waals surface area contributed by atoms with Crippen molar-refractivity contribution in [2.75, 3.05) is 0 Å². The molecule has 6 atom stereocenters. The number of hydrogen-bond acceptors (Lipinski definition) is 2. The Balaban J connectivity index is 1.59. The van der Waals surface area contributed by atoms with E-state index in [1.54, 1.807) is 0 Å². The zero-order chi connectivity index (χ0) is 19.1. The summed E-state index contributed by atoms with van der Waals surface area (Å²) in [7, 11) is 0. The van der Waals surface area contributed by atoms with Gasteiger partial charge >= 0.3 is 0 Å². The fraction of sp³-hybridized carbons (Fsp3) is 0.909. The topological polar surface area (TPSA) is 58.2 Å². The first-order valence-electron chi connectivity index (χ1n) is 11.0. The van der Waals surface area contributed by atoms with Crippen LogP contribution in [0.15, 0.2) is 0 Å². The summed E-state index contributed by atoms with van der Waals surface area (Å²) in [6.45, 7) is 9.09. The average molecular weight is 365 g/mol.